The van der Waals surface area contributed by atoms with Gasteiger partial charge in [-0.3, -0.25) is 4.79 Å². The van der Waals surface area contributed by atoms with Crippen molar-refractivity contribution in [3.05, 3.63) is 42.4 Å². The zero-order valence-electron chi connectivity index (χ0n) is 16.8. The van der Waals surface area contributed by atoms with Crippen LogP contribution in [0.2, 0.25) is 0 Å². The molecule has 2 aromatic rings. The van der Waals surface area contributed by atoms with E-state index >= 15 is 0 Å². The third-order valence-corrected chi connectivity index (χ3v) is 7.92. The molecule has 2 unspecified atom stereocenters. The summed E-state index contributed by atoms with van der Waals surface area (Å²) < 4.78 is 2.22. The minimum atomic E-state index is -0.355. The fourth-order valence-corrected chi connectivity index (χ4v) is 6.14. The van der Waals surface area contributed by atoms with Crippen LogP contribution in [0.15, 0.2) is 36.8 Å². The van der Waals surface area contributed by atoms with Gasteiger partial charge in [-0.25, -0.2) is 4.98 Å². The number of benzene rings is 1. The standard InChI is InChI=1S/C23H29N3O2/c1-25(2)21(28)23-10-7-22(8-11-23,9-12-23)20(27)13-18-16-5-3-4-6-17(16)19-14-24-15-26(18)19/h3-6,14-15,18,20,27H,7-13H2,1-2H3. The van der Waals surface area contributed by atoms with E-state index in [1.54, 1.807) is 4.90 Å². The number of carbonyl (C=O) groups excluding carboxylic acids is 1. The molecule has 2 atom stereocenters. The minimum absolute atomic E-state index is 0.0351. The van der Waals surface area contributed by atoms with Crippen molar-refractivity contribution >= 4 is 5.91 Å². The summed E-state index contributed by atoms with van der Waals surface area (Å²) in [5, 5.41) is 11.4. The molecule has 1 amide bonds. The van der Waals surface area contributed by atoms with Crippen LogP contribution in [0, 0.1) is 10.8 Å². The Hall–Kier alpha value is -2.14. The van der Waals surface area contributed by atoms with Crippen molar-refractivity contribution in [3.8, 4) is 11.3 Å². The number of amides is 1. The third kappa shape index (κ3) is 2.41. The average Bonchev–Trinajstić information content (AvgIpc) is 3.31. The van der Waals surface area contributed by atoms with E-state index < -0.39 is 0 Å². The van der Waals surface area contributed by atoms with E-state index in [1.165, 1.54) is 11.1 Å². The molecule has 4 aliphatic rings. The summed E-state index contributed by atoms with van der Waals surface area (Å²) in [4.78, 5) is 18.8. The van der Waals surface area contributed by atoms with E-state index in [0.717, 1.165) is 50.6 Å². The first-order chi connectivity index (χ1) is 13.5. The number of aliphatic hydroxyl groups excluding tert-OH is 1. The molecule has 2 bridgehead atoms. The molecule has 3 aliphatic carbocycles. The van der Waals surface area contributed by atoms with Gasteiger partial charge in [-0.1, -0.05) is 24.3 Å². The van der Waals surface area contributed by atoms with Crippen molar-refractivity contribution in [2.24, 2.45) is 10.8 Å². The maximum absolute atomic E-state index is 12.7. The van der Waals surface area contributed by atoms with Gasteiger partial charge in [0.15, 0.2) is 0 Å². The molecule has 0 radical (unpaired) electrons. The topological polar surface area (TPSA) is 58.4 Å². The molecule has 28 heavy (non-hydrogen) atoms. The maximum atomic E-state index is 12.7. The molecular formula is C23H29N3O2. The summed E-state index contributed by atoms with van der Waals surface area (Å²) in [6.07, 6.45) is 9.80. The second kappa shape index (κ2) is 6.18. The zero-order chi connectivity index (χ0) is 19.5. The van der Waals surface area contributed by atoms with Gasteiger partial charge < -0.3 is 14.6 Å². The minimum Gasteiger partial charge on any atom is -0.392 e. The van der Waals surface area contributed by atoms with Gasteiger partial charge in [-0.15, -0.1) is 0 Å². The maximum Gasteiger partial charge on any atom is 0.228 e. The van der Waals surface area contributed by atoms with Crippen LogP contribution in [0.25, 0.3) is 11.3 Å². The summed E-state index contributed by atoms with van der Waals surface area (Å²) in [6.45, 7) is 0. The Balaban J connectivity index is 1.37. The number of rotatable bonds is 4. The summed E-state index contributed by atoms with van der Waals surface area (Å²) in [5.41, 5.74) is 3.46. The van der Waals surface area contributed by atoms with Gasteiger partial charge in [-0.2, -0.15) is 0 Å². The predicted molar refractivity (Wildman–Crippen MR) is 108 cm³/mol. The van der Waals surface area contributed by atoms with Crippen molar-refractivity contribution in [2.75, 3.05) is 14.1 Å². The molecular weight excluding hydrogens is 350 g/mol. The lowest BCUT2D eigenvalue weighted by Crippen LogP contribution is -2.53. The molecule has 1 aromatic heterocycles. The van der Waals surface area contributed by atoms with Crippen LogP contribution < -0.4 is 0 Å². The predicted octanol–water partition coefficient (Wildman–Crippen LogP) is 3.63. The van der Waals surface area contributed by atoms with Gasteiger partial charge in [-0.05, 0) is 55.9 Å². The Bertz CT molecular complexity index is 892. The van der Waals surface area contributed by atoms with Crippen molar-refractivity contribution < 1.29 is 9.90 Å². The zero-order valence-corrected chi connectivity index (χ0v) is 16.8. The number of nitrogens with zero attached hydrogens (tertiary/aromatic N) is 3. The Labute approximate surface area is 166 Å². The smallest absolute Gasteiger partial charge is 0.228 e. The van der Waals surface area contributed by atoms with E-state index in [1.807, 2.05) is 26.6 Å². The average molecular weight is 380 g/mol. The SMILES string of the molecule is CN(C)C(=O)C12CCC(C(O)CC3c4ccccc4-c4cncn43)(CC1)CC2. The van der Waals surface area contributed by atoms with Crippen molar-refractivity contribution in [2.45, 2.75) is 57.1 Å². The van der Waals surface area contributed by atoms with E-state index in [9.17, 15) is 9.90 Å². The second-order valence-corrected chi connectivity index (χ2v) is 9.38. The molecule has 1 N–H and O–H groups in total. The molecule has 1 aromatic carbocycles. The van der Waals surface area contributed by atoms with Crippen LogP contribution in [-0.2, 0) is 4.79 Å². The molecule has 148 valence electrons. The monoisotopic (exact) mass is 379 g/mol. The van der Waals surface area contributed by atoms with Gasteiger partial charge in [0.05, 0.1) is 30.4 Å². The Morgan fingerprint density at radius 3 is 2.57 bits per heavy atom. The summed E-state index contributed by atoms with van der Waals surface area (Å²) in [5.74, 6) is 0.281. The molecule has 0 saturated heterocycles. The first-order valence-electron chi connectivity index (χ1n) is 10.5. The molecule has 5 nitrogen and oxygen atoms in total. The first kappa shape index (κ1) is 17.9. The fourth-order valence-electron chi connectivity index (χ4n) is 6.14. The molecule has 6 rings (SSSR count). The van der Waals surface area contributed by atoms with Crippen LogP contribution in [-0.4, -0.2) is 45.7 Å². The van der Waals surface area contributed by atoms with Crippen LogP contribution in [0.5, 0.6) is 0 Å². The molecule has 3 fully saturated rings. The van der Waals surface area contributed by atoms with Gasteiger partial charge in [0.25, 0.3) is 0 Å². The molecule has 5 heteroatoms. The number of fused-ring (bicyclic) bond motifs is 6. The van der Waals surface area contributed by atoms with Crippen LogP contribution >= 0.6 is 0 Å². The van der Waals surface area contributed by atoms with Gasteiger partial charge in [0.1, 0.15) is 0 Å². The van der Waals surface area contributed by atoms with Gasteiger partial charge >= 0.3 is 0 Å². The van der Waals surface area contributed by atoms with Crippen LogP contribution in [0.4, 0.5) is 0 Å². The Morgan fingerprint density at radius 1 is 1.21 bits per heavy atom. The second-order valence-electron chi connectivity index (χ2n) is 9.38. The van der Waals surface area contributed by atoms with E-state index in [-0.39, 0.29) is 28.9 Å². The molecule has 3 saturated carbocycles. The van der Waals surface area contributed by atoms with Crippen molar-refractivity contribution in [1.82, 2.24) is 14.5 Å². The Kier molecular flexibility index (Phi) is 3.96. The lowest BCUT2D eigenvalue weighted by atomic mass is 9.51. The largest absolute Gasteiger partial charge is 0.392 e. The number of aliphatic hydroxyl groups is 1. The number of imidazole rings is 1. The Morgan fingerprint density at radius 2 is 1.89 bits per heavy atom. The van der Waals surface area contributed by atoms with E-state index in [0.29, 0.717) is 0 Å². The number of aromatic nitrogens is 2. The van der Waals surface area contributed by atoms with E-state index in [4.69, 9.17) is 0 Å². The number of hydrogen-bond donors (Lipinski definition) is 1. The molecule has 0 spiro atoms. The lowest BCUT2D eigenvalue weighted by Gasteiger charge is -2.55. The van der Waals surface area contributed by atoms with Gasteiger partial charge in [0.2, 0.25) is 5.91 Å². The first-order valence-corrected chi connectivity index (χ1v) is 10.5. The highest BCUT2D eigenvalue weighted by Gasteiger charge is 2.55. The van der Waals surface area contributed by atoms with Gasteiger partial charge in [0, 0.05) is 25.1 Å². The molecule has 2 heterocycles. The molecule has 1 aliphatic heterocycles. The summed E-state index contributed by atoms with van der Waals surface area (Å²) in [7, 11) is 3.73. The van der Waals surface area contributed by atoms with Crippen molar-refractivity contribution in [3.63, 3.8) is 0 Å². The highest BCUT2D eigenvalue weighted by molar-refractivity contribution is 5.82. The fraction of sp³-hybridized carbons (Fsp3) is 0.565. The number of carbonyl (C=O) groups is 1. The highest BCUT2D eigenvalue weighted by Crippen LogP contribution is 2.60. The van der Waals surface area contributed by atoms with Crippen molar-refractivity contribution in [1.29, 1.82) is 0 Å². The lowest BCUT2D eigenvalue weighted by molar-refractivity contribution is -0.156. The third-order valence-electron chi connectivity index (χ3n) is 7.92. The highest BCUT2D eigenvalue weighted by atomic mass is 16.3. The number of hydrogen-bond acceptors (Lipinski definition) is 3. The summed E-state index contributed by atoms with van der Waals surface area (Å²) in [6, 6.07) is 8.63. The van der Waals surface area contributed by atoms with Crippen LogP contribution in [0.1, 0.15) is 56.6 Å². The summed E-state index contributed by atoms with van der Waals surface area (Å²) >= 11 is 0. The normalized spacial score (nSPS) is 31.3. The van der Waals surface area contributed by atoms with Crippen LogP contribution in [0.3, 0.4) is 0 Å². The van der Waals surface area contributed by atoms with E-state index in [2.05, 4.69) is 33.8 Å². The quantitative estimate of drug-likeness (QED) is 0.882.